The number of nitrogens with one attached hydrogen (secondary N) is 1. The van der Waals surface area contributed by atoms with Crippen molar-refractivity contribution in [3.05, 3.63) is 56.9 Å². The number of anilines is 1. The van der Waals surface area contributed by atoms with E-state index >= 15 is 0 Å². The van der Waals surface area contributed by atoms with Gasteiger partial charge in [-0.2, -0.15) is 0 Å². The van der Waals surface area contributed by atoms with E-state index in [9.17, 15) is 14.4 Å². The van der Waals surface area contributed by atoms with Gasteiger partial charge in [-0.1, -0.05) is 12.1 Å². The van der Waals surface area contributed by atoms with Gasteiger partial charge in [-0.3, -0.25) is 18.7 Å². The van der Waals surface area contributed by atoms with Crippen molar-refractivity contribution in [1.29, 1.82) is 0 Å². The predicted molar refractivity (Wildman–Crippen MR) is 108 cm³/mol. The van der Waals surface area contributed by atoms with Crippen LogP contribution in [0, 0.1) is 6.92 Å². The van der Waals surface area contributed by atoms with Gasteiger partial charge in [0.25, 0.3) is 5.56 Å². The third-order valence-corrected chi connectivity index (χ3v) is 4.73. The number of amides is 1. The van der Waals surface area contributed by atoms with Gasteiger partial charge in [0.2, 0.25) is 5.91 Å². The van der Waals surface area contributed by atoms with Crippen molar-refractivity contribution in [2.24, 2.45) is 7.05 Å². The van der Waals surface area contributed by atoms with E-state index in [0.717, 1.165) is 10.3 Å². The average Bonchev–Trinajstić information content (AvgIpc) is 2.96. The van der Waals surface area contributed by atoms with Crippen LogP contribution in [0.25, 0.3) is 11.0 Å². The number of hydrogen-bond donors (Lipinski definition) is 1. The minimum absolute atomic E-state index is 0.209. The van der Waals surface area contributed by atoms with Crippen LogP contribution in [0.15, 0.2) is 39.9 Å². The normalized spacial score (nSPS) is 11.0. The van der Waals surface area contributed by atoms with Crippen molar-refractivity contribution < 1.29 is 9.53 Å². The molecule has 1 N–H and O–H groups in total. The molecule has 8 heteroatoms. The van der Waals surface area contributed by atoms with Gasteiger partial charge in [-0.05, 0) is 39.0 Å². The number of ether oxygens (including phenoxy) is 1. The average molecular weight is 384 g/mol. The van der Waals surface area contributed by atoms with Crippen LogP contribution in [0.1, 0.15) is 19.5 Å². The summed E-state index contributed by atoms with van der Waals surface area (Å²) in [4.78, 5) is 38.2. The van der Waals surface area contributed by atoms with E-state index in [0.29, 0.717) is 29.1 Å². The first-order valence-electron chi connectivity index (χ1n) is 9.20. The van der Waals surface area contributed by atoms with Crippen LogP contribution in [0.2, 0.25) is 0 Å². The molecule has 0 atom stereocenters. The number of aromatic nitrogens is 3. The van der Waals surface area contributed by atoms with Crippen LogP contribution in [0.5, 0.6) is 5.75 Å². The summed E-state index contributed by atoms with van der Waals surface area (Å²) in [6.45, 7) is 5.93. The van der Waals surface area contributed by atoms with E-state index in [1.165, 1.54) is 4.57 Å². The number of nitrogens with zero attached hydrogens (tertiary/aromatic N) is 3. The van der Waals surface area contributed by atoms with Gasteiger partial charge in [0.1, 0.15) is 17.8 Å². The number of rotatable bonds is 6. The molecule has 0 aliphatic carbocycles. The van der Waals surface area contributed by atoms with E-state index in [1.54, 1.807) is 42.8 Å². The lowest BCUT2D eigenvalue weighted by Gasteiger charge is -2.14. The lowest BCUT2D eigenvalue weighted by Crippen LogP contribution is -2.41. The number of fused-ring (bicyclic) bond motifs is 1. The maximum absolute atomic E-state index is 12.8. The molecule has 0 aliphatic heterocycles. The van der Waals surface area contributed by atoms with Crippen LogP contribution in [0.4, 0.5) is 5.69 Å². The largest absolute Gasteiger partial charge is 0.492 e. The fourth-order valence-electron chi connectivity index (χ4n) is 3.25. The van der Waals surface area contributed by atoms with E-state index in [-0.39, 0.29) is 24.6 Å². The van der Waals surface area contributed by atoms with E-state index in [2.05, 4.69) is 5.32 Å². The number of para-hydroxylation sites is 2. The highest BCUT2D eigenvalue weighted by molar-refractivity contribution is 5.93. The lowest BCUT2D eigenvalue weighted by atomic mass is 10.3. The number of carbonyl (C=O) groups excluding carboxylic acids is 1. The Kier molecular flexibility index (Phi) is 5.39. The number of hydrogen-bond acceptors (Lipinski definition) is 4. The maximum atomic E-state index is 12.8. The molecule has 3 rings (SSSR count). The molecule has 2 heterocycles. The Morgan fingerprint density at radius 1 is 1.14 bits per heavy atom. The molecule has 148 valence electrons. The highest BCUT2D eigenvalue weighted by Crippen LogP contribution is 2.23. The second-order valence-electron chi connectivity index (χ2n) is 6.47. The van der Waals surface area contributed by atoms with Crippen LogP contribution in [-0.2, 0) is 24.9 Å². The number of benzene rings is 1. The topological polar surface area (TPSA) is 87.3 Å². The fourth-order valence-corrected chi connectivity index (χ4v) is 3.25. The summed E-state index contributed by atoms with van der Waals surface area (Å²) in [6.07, 6.45) is 0. The molecule has 28 heavy (non-hydrogen) atoms. The predicted octanol–water partition coefficient (Wildman–Crippen LogP) is 1.87. The monoisotopic (exact) mass is 384 g/mol. The minimum Gasteiger partial charge on any atom is -0.492 e. The summed E-state index contributed by atoms with van der Waals surface area (Å²) < 4.78 is 9.74. The van der Waals surface area contributed by atoms with Gasteiger partial charge in [0.15, 0.2) is 0 Å². The molecule has 0 bridgehead atoms. The Morgan fingerprint density at radius 3 is 2.54 bits per heavy atom. The van der Waals surface area contributed by atoms with Gasteiger partial charge < -0.3 is 14.6 Å². The van der Waals surface area contributed by atoms with Gasteiger partial charge >= 0.3 is 5.69 Å². The first-order chi connectivity index (χ1) is 13.4. The smallest absolute Gasteiger partial charge is 0.332 e. The zero-order valence-electron chi connectivity index (χ0n) is 16.5. The molecule has 2 aromatic heterocycles. The molecular formula is C20H24N4O4. The number of aryl methyl sites for hydroxylation is 2. The third kappa shape index (κ3) is 3.33. The van der Waals surface area contributed by atoms with Crippen molar-refractivity contribution >= 4 is 22.6 Å². The molecule has 0 saturated carbocycles. The first-order valence-corrected chi connectivity index (χ1v) is 9.20. The van der Waals surface area contributed by atoms with Crippen LogP contribution >= 0.6 is 0 Å². The Morgan fingerprint density at radius 2 is 1.86 bits per heavy atom. The second-order valence-corrected chi connectivity index (χ2v) is 6.47. The summed E-state index contributed by atoms with van der Waals surface area (Å²) in [7, 11) is 1.77. The fraction of sp³-hybridized carbons (Fsp3) is 0.350. The molecule has 1 aromatic carbocycles. The Hall–Kier alpha value is -3.29. The van der Waals surface area contributed by atoms with Crippen molar-refractivity contribution in [1.82, 2.24) is 13.7 Å². The molecular weight excluding hydrogens is 360 g/mol. The third-order valence-electron chi connectivity index (χ3n) is 4.73. The summed E-state index contributed by atoms with van der Waals surface area (Å²) in [5.41, 5.74) is 1.37. The Balaban J connectivity index is 2.03. The standard InChI is InChI=1S/C20H24N4O4/c1-5-23-19(26)18-15(11-13(3)22(18)4)24(20(23)27)12-17(25)21-14-9-7-8-10-16(14)28-6-2/h7-11H,5-6,12H2,1-4H3,(H,21,25). The molecule has 1 amide bonds. The van der Waals surface area contributed by atoms with Gasteiger partial charge in [0, 0.05) is 19.3 Å². The van der Waals surface area contributed by atoms with Gasteiger partial charge in [-0.15, -0.1) is 0 Å². The zero-order chi connectivity index (χ0) is 20.4. The van der Waals surface area contributed by atoms with E-state index in [1.807, 2.05) is 19.9 Å². The minimum atomic E-state index is -0.501. The summed E-state index contributed by atoms with van der Waals surface area (Å²) in [6, 6.07) is 8.86. The second kappa shape index (κ2) is 7.75. The SMILES string of the molecule is CCOc1ccccc1NC(=O)Cn1c(=O)n(CC)c(=O)c2c1cc(C)n2C. The Bertz CT molecular complexity index is 1150. The van der Waals surface area contributed by atoms with E-state index < -0.39 is 5.69 Å². The first kappa shape index (κ1) is 19.5. The number of carbonyl (C=O) groups is 1. The summed E-state index contributed by atoms with van der Waals surface area (Å²) in [5, 5.41) is 2.79. The zero-order valence-corrected chi connectivity index (χ0v) is 16.5. The Labute approximate surface area is 162 Å². The molecule has 0 aliphatic rings. The quantitative estimate of drug-likeness (QED) is 0.703. The van der Waals surface area contributed by atoms with E-state index in [4.69, 9.17) is 4.74 Å². The summed E-state index contributed by atoms with van der Waals surface area (Å²) in [5.74, 6) is 0.184. The molecule has 0 saturated heterocycles. The molecule has 0 radical (unpaired) electrons. The molecule has 0 fully saturated rings. The maximum Gasteiger partial charge on any atom is 0.332 e. The molecule has 0 unspecified atom stereocenters. The van der Waals surface area contributed by atoms with Crippen molar-refractivity contribution in [3.8, 4) is 5.75 Å². The van der Waals surface area contributed by atoms with Gasteiger partial charge in [-0.25, -0.2) is 4.79 Å². The van der Waals surface area contributed by atoms with Crippen molar-refractivity contribution in [2.75, 3.05) is 11.9 Å². The van der Waals surface area contributed by atoms with Crippen LogP contribution in [-0.4, -0.2) is 26.2 Å². The van der Waals surface area contributed by atoms with Crippen LogP contribution < -0.4 is 21.3 Å². The van der Waals surface area contributed by atoms with Crippen LogP contribution in [0.3, 0.4) is 0 Å². The molecule has 8 nitrogen and oxygen atoms in total. The lowest BCUT2D eigenvalue weighted by molar-refractivity contribution is -0.116. The molecule has 0 spiro atoms. The molecule has 3 aromatic rings. The van der Waals surface area contributed by atoms with Crippen molar-refractivity contribution in [3.63, 3.8) is 0 Å². The van der Waals surface area contributed by atoms with Gasteiger partial charge in [0.05, 0.1) is 17.8 Å². The highest BCUT2D eigenvalue weighted by atomic mass is 16.5. The summed E-state index contributed by atoms with van der Waals surface area (Å²) >= 11 is 0. The highest BCUT2D eigenvalue weighted by Gasteiger charge is 2.18. The van der Waals surface area contributed by atoms with Crippen molar-refractivity contribution in [2.45, 2.75) is 33.9 Å².